The molecule has 0 bridgehead atoms. The molecule has 96 heavy (non-hydrogen) atoms. The molecule has 11 heteroatoms. The first-order chi connectivity index (χ1) is 46.6. The monoisotopic (exact) mass is 1370 g/mol. The molecule has 0 fully saturated rings. The van der Waals surface area contributed by atoms with Crippen LogP contribution in [0.4, 0.5) is 0 Å². The van der Waals surface area contributed by atoms with E-state index in [1.165, 1.54) is 11.1 Å². The van der Waals surface area contributed by atoms with E-state index in [-0.39, 0.29) is 7.43 Å². The summed E-state index contributed by atoms with van der Waals surface area (Å²) >= 11 is 6.66. The molecule has 20 rings (SSSR count). The minimum atomic E-state index is -1.52. The van der Waals surface area contributed by atoms with Gasteiger partial charge in [0.15, 0.2) is 0 Å². The van der Waals surface area contributed by atoms with Gasteiger partial charge < -0.3 is 36.6 Å². The van der Waals surface area contributed by atoms with Crippen LogP contribution in [0, 0.1) is 0 Å². The molecule has 0 spiro atoms. The molecular weight excluding hydrogens is 1320 g/mol. The van der Waals surface area contributed by atoms with Crippen LogP contribution in [0.2, 0.25) is 0 Å². The van der Waals surface area contributed by atoms with Crippen LogP contribution in [0.1, 0.15) is 7.43 Å². The van der Waals surface area contributed by atoms with Crippen molar-refractivity contribution in [3.05, 3.63) is 294 Å². The zero-order valence-corrected chi connectivity index (χ0v) is 53.5. The summed E-state index contributed by atoms with van der Waals surface area (Å²) in [5, 5.41) is 31.5. The largest absolute Gasteiger partial charge is 0.488 e. The Hall–Kier alpha value is -11.2. The third-order valence-electron chi connectivity index (χ3n) is 18.1. The minimum Gasteiger partial charge on any atom is -0.456 e. The van der Waals surface area contributed by atoms with Gasteiger partial charge >= 0.3 is 7.12 Å². The van der Waals surface area contributed by atoms with Gasteiger partial charge in [0.05, 0.1) is 0 Å². The highest BCUT2D eigenvalue weighted by molar-refractivity contribution is 9.11. The second-order valence-electron chi connectivity index (χ2n) is 23.9. The van der Waals surface area contributed by atoms with Crippen LogP contribution in [-0.4, -0.2) is 17.2 Å². The topological polar surface area (TPSA) is 119 Å². The van der Waals surface area contributed by atoms with Crippen molar-refractivity contribution in [2.75, 3.05) is 0 Å². The summed E-state index contributed by atoms with van der Waals surface area (Å²) < 4.78 is 39.7. The maximum Gasteiger partial charge on any atom is 0.488 e. The van der Waals surface area contributed by atoms with E-state index in [9.17, 15) is 10.0 Å². The molecular formula is C85H53BBr2O8. The number of halogens is 2. The molecule has 0 aliphatic heterocycles. The first kappa shape index (κ1) is 58.6. The number of rotatable bonds is 6. The van der Waals surface area contributed by atoms with E-state index in [1.807, 2.05) is 78.9 Å². The van der Waals surface area contributed by atoms with Gasteiger partial charge in [-0.15, -0.1) is 0 Å². The molecule has 8 nitrogen and oxygen atoms in total. The number of furan rings is 6. The fourth-order valence-corrected chi connectivity index (χ4v) is 14.6. The summed E-state index contributed by atoms with van der Waals surface area (Å²) in [5.41, 5.74) is 21.6. The van der Waals surface area contributed by atoms with Crippen LogP contribution in [0.5, 0.6) is 0 Å². The van der Waals surface area contributed by atoms with Gasteiger partial charge in [-0.25, -0.2) is 0 Å². The van der Waals surface area contributed by atoms with Gasteiger partial charge in [0, 0.05) is 91.8 Å². The first-order valence-electron chi connectivity index (χ1n) is 31.1. The van der Waals surface area contributed by atoms with Crippen LogP contribution in [-0.2, 0) is 0 Å². The molecule has 0 amide bonds. The third-order valence-corrected chi connectivity index (χ3v) is 19.1. The van der Waals surface area contributed by atoms with E-state index in [4.69, 9.17) is 26.5 Å². The quantitative estimate of drug-likeness (QED) is 0.158. The fraction of sp³-hybridized carbons (Fsp3) is 0.0118. The Balaban J connectivity index is 0.000000152. The SMILES string of the molecule is Brc1cccc(Br)c1.C.OB(O)c1ccc2oc3cc4oc5ccc(-c6ccccc6)cc5c4cc3c2c1.c1ccc(-c2ccc3oc4cc5oc6ccc(-c7cccc(-c8ccc9oc%10cc%11oc%12ccc(-c%13ccccc%13)cc%12c%11cc%10c9c8)c7)cc6c5cc4c3c2)cc1. The number of hydrogen-bond donors (Lipinski definition) is 2. The van der Waals surface area contributed by atoms with Crippen molar-refractivity contribution >= 4 is 176 Å². The highest BCUT2D eigenvalue weighted by Gasteiger charge is 2.21. The molecule has 0 unspecified atom stereocenters. The maximum atomic E-state index is 9.52. The Bertz CT molecular complexity index is 6150. The Morgan fingerprint density at radius 3 is 0.719 bits per heavy atom. The molecule has 20 aromatic rings. The number of fused-ring (bicyclic) bond motifs is 18. The average Bonchev–Trinajstić information content (AvgIpc) is 1.60. The molecule has 6 heterocycles. The Labute approximate surface area is 565 Å². The third kappa shape index (κ3) is 10.4. The van der Waals surface area contributed by atoms with E-state index in [2.05, 4.69) is 220 Å². The molecule has 0 saturated carbocycles. The summed E-state index contributed by atoms with van der Waals surface area (Å²) in [5.74, 6) is 0. The lowest BCUT2D eigenvalue weighted by Crippen LogP contribution is -2.29. The number of hydrogen-bond acceptors (Lipinski definition) is 8. The lowest BCUT2D eigenvalue weighted by atomic mass is 9.80. The summed E-state index contributed by atoms with van der Waals surface area (Å²) in [4.78, 5) is 0. The summed E-state index contributed by atoms with van der Waals surface area (Å²) in [6, 6.07) is 97.6. The summed E-state index contributed by atoms with van der Waals surface area (Å²) in [6.45, 7) is 0. The van der Waals surface area contributed by atoms with Crippen molar-refractivity contribution in [2.24, 2.45) is 0 Å². The van der Waals surface area contributed by atoms with E-state index in [0.29, 0.717) is 16.6 Å². The summed E-state index contributed by atoms with van der Waals surface area (Å²) in [7, 11) is -1.52. The van der Waals surface area contributed by atoms with Gasteiger partial charge in [-0.2, -0.15) is 0 Å². The van der Waals surface area contributed by atoms with E-state index in [1.54, 1.807) is 18.2 Å². The van der Waals surface area contributed by atoms with Crippen LogP contribution in [0.3, 0.4) is 0 Å². The average molecular weight is 1370 g/mol. The van der Waals surface area contributed by atoms with Crippen LogP contribution in [0.15, 0.2) is 321 Å². The number of benzene rings is 14. The molecule has 0 aliphatic carbocycles. The van der Waals surface area contributed by atoms with Crippen molar-refractivity contribution in [2.45, 2.75) is 7.43 Å². The predicted octanol–water partition coefficient (Wildman–Crippen LogP) is 24.6. The zero-order chi connectivity index (χ0) is 63.4. The van der Waals surface area contributed by atoms with Gasteiger partial charge in [0.2, 0.25) is 0 Å². The van der Waals surface area contributed by atoms with E-state index < -0.39 is 7.12 Å². The highest BCUT2D eigenvalue weighted by atomic mass is 79.9. The predicted molar refractivity (Wildman–Crippen MR) is 402 cm³/mol. The smallest absolute Gasteiger partial charge is 0.456 e. The van der Waals surface area contributed by atoms with Gasteiger partial charge in [0.25, 0.3) is 0 Å². The van der Waals surface area contributed by atoms with E-state index >= 15 is 0 Å². The second kappa shape index (κ2) is 23.7. The molecule has 0 aliphatic rings. The molecule has 0 saturated heterocycles. The second-order valence-corrected chi connectivity index (χ2v) is 25.8. The van der Waals surface area contributed by atoms with Crippen LogP contribution < -0.4 is 5.46 Å². The summed E-state index contributed by atoms with van der Waals surface area (Å²) in [6.07, 6.45) is 0. The van der Waals surface area contributed by atoms with Crippen molar-refractivity contribution in [1.82, 2.24) is 0 Å². The Morgan fingerprint density at radius 1 is 0.198 bits per heavy atom. The van der Waals surface area contributed by atoms with Gasteiger partial charge in [-0.3, -0.25) is 0 Å². The van der Waals surface area contributed by atoms with Gasteiger partial charge in [-0.05, 0) is 170 Å². The van der Waals surface area contributed by atoms with Crippen molar-refractivity contribution < 1.29 is 36.6 Å². The normalized spacial score (nSPS) is 11.7. The molecule has 458 valence electrons. The standard InChI is InChI=1S/C54H30O4.C24H15BO4.C6H4Br2.CH4/c1-3-8-31(9-4-1)35-14-18-47-39(23-35)43-27-45-41-25-37(16-20-49(41)57-53(45)29-51(43)55-47)33-12-7-13-34(22-33)38-17-21-50-42(26-38)46-28-44-40-24-36(32-10-5-2-6-11-32)15-19-48(40)56-52(44)30-54(46)58-50;26-25(27)16-7-9-22-18(11-16)20-12-19-17-10-15(14-4-2-1-3-5-14)6-8-21(17)28-23(19)13-24(20)29-22;7-5-2-1-3-6(8)4-5;/h1-30H;1-13,26-27H;1-4H;1H4. The molecule has 0 atom stereocenters. The maximum absolute atomic E-state index is 9.52. The molecule has 2 N–H and O–H groups in total. The highest BCUT2D eigenvalue weighted by Crippen LogP contribution is 2.44. The fourth-order valence-electron chi connectivity index (χ4n) is 13.4. The lowest BCUT2D eigenvalue weighted by Gasteiger charge is -2.07. The van der Waals surface area contributed by atoms with Crippen molar-refractivity contribution in [3.63, 3.8) is 0 Å². The molecule has 0 radical (unpaired) electrons. The first-order valence-corrected chi connectivity index (χ1v) is 32.7. The van der Waals surface area contributed by atoms with Crippen molar-refractivity contribution in [1.29, 1.82) is 0 Å². The molecule has 6 aromatic heterocycles. The van der Waals surface area contributed by atoms with Gasteiger partial charge in [0.1, 0.15) is 67.0 Å². The van der Waals surface area contributed by atoms with E-state index in [0.717, 1.165) is 174 Å². The Kier molecular flexibility index (Phi) is 14.5. The minimum absolute atomic E-state index is 0. The molecule has 14 aromatic carbocycles. The lowest BCUT2D eigenvalue weighted by molar-refractivity contribution is 0.426. The van der Waals surface area contributed by atoms with Crippen LogP contribution >= 0.6 is 31.9 Å². The van der Waals surface area contributed by atoms with Gasteiger partial charge in [-0.1, -0.05) is 197 Å². The zero-order valence-electron chi connectivity index (χ0n) is 50.3. The van der Waals surface area contributed by atoms with Crippen LogP contribution in [0.25, 0.3) is 187 Å². The van der Waals surface area contributed by atoms with Crippen molar-refractivity contribution in [3.8, 4) is 55.6 Å². The Morgan fingerprint density at radius 2 is 0.438 bits per heavy atom.